The molecule has 0 spiro atoms. The molecular weight excluding hydrogens is 316 g/mol. The number of nitrogens with zero attached hydrogens (tertiary/aromatic N) is 1. The van der Waals surface area contributed by atoms with Gasteiger partial charge in [0.25, 0.3) is 5.91 Å². The van der Waals surface area contributed by atoms with Crippen LogP contribution in [0, 0.1) is 13.8 Å². The van der Waals surface area contributed by atoms with Crippen molar-refractivity contribution < 1.29 is 14.3 Å². The predicted octanol–water partition coefficient (Wildman–Crippen LogP) is 2.91. The van der Waals surface area contributed by atoms with E-state index in [1.54, 1.807) is 4.90 Å². The number of hydrogen-bond donors (Lipinski definition) is 1. The van der Waals surface area contributed by atoms with Crippen LogP contribution in [0.1, 0.15) is 29.7 Å². The topological polar surface area (TPSA) is 58.6 Å². The third kappa shape index (κ3) is 3.65. The predicted molar refractivity (Wildman–Crippen MR) is 96.8 cm³/mol. The summed E-state index contributed by atoms with van der Waals surface area (Å²) < 4.78 is 5.75. The third-order valence-electron chi connectivity index (χ3n) is 4.25. The summed E-state index contributed by atoms with van der Waals surface area (Å²) in [6, 6.07) is 13.0. The van der Waals surface area contributed by atoms with Crippen molar-refractivity contribution in [2.24, 2.45) is 0 Å². The van der Waals surface area contributed by atoms with Crippen molar-refractivity contribution >= 4 is 17.5 Å². The highest BCUT2D eigenvalue weighted by molar-refractivity contribution is 6.06. The number of ether oxygens (including phenoxy) is 1. The first kappa shape index (κ1) is 17.0. The van der Waals surface area contributed by atoms with Crippen LogP contribution >= 0.6 is 0 Å². The van der Waals surface area contributed by atoms with Crippen LogP contribution in [-0.2, 0) is 9.59 Å². The van der Waals surface area contributed by atoms with Crippen molar-refractivity contribution in [1.82, 2.24) is 5.32 Å². The van der Waals surface area contributed by atoms with Gasteiger partial charge in [0, 0.05) is 18.2 Å². The number of benzene rings is 2. The number of rotatable bonds is 5. The number of aryl methyl sites for hydroxylation is 2. The zero-order chi connectivity index (χ0) is 18.0. The molecule has 1 heterocycles. The Kier molecular flexibility index (Phi) is 4.74. The molecule has 0 aromatic heterocycles. The minimum atomic E-state index is -0.619. The average Bonchev–Trinajstić information content (AvgIpc) is 2.81. The minimum Gasteiger partial charge on any atom is -0.492 e. The molecule has 0 saturated carbocycles. The summed E-state index contributed by atoms with van der Waals surface area (Å²) in [7, 11) is 0. The van der Waals surface area contributed by atoms with E-state index >= 15 is 0 Å². The maximum absolute atomic E-state index is 12.8. The summed E-state index contributed by atoms with van der Waals surface area (Å²) in [5, 5.41) is 2.75. The molecule has 1 atom stereocenters. The SMILES string of the molecule is CC(=O)N[C@@H]1C(=O)N(CCOc2ccc(C)cc2)c2ccc(C)cc21. The van der Waals surface area contributed by atoms with Crippen molar-refractivity contribution in [2.75, 3.05) is 18.1 Å². The molecule has 0 aliphatic carbocycles. The van der Waals surface area contributed by atoms with Crippen molar-refractivity contribution in [2.45, 2.75) is 26.8 Å². The largest absolute Gasteiger partial charge is 0.492 e. The Balaban J connectivity index is 1.74. The van der Waals surface area contributed by atoms with Gasteiger partial charge in [0.2, 0.25) is 5.91 Å². The van der Waals surface area contributed by atoms with Gasteiger partial charge in [0.15, 0.2) is 0 Å². The van der Waals surface area contributed by atoms with Gasteiger partial charge in [0.1, 0.15) is 18.4 Å². The van der Waals surface area contributed by atoms with Crippen LogP contribution in [0.4, 0.5) is 5.69 Å². The van der Waals surface area contributed by atoms with Crippen LogP contribution in [0.3, 0.4) is 0 Å². The molecule has 0 unspecified atom stereocenters. The number of amides is 2. The second-order valence-corrected chi connectivity index (χ2v) is 6.35. The van der Waals surface area contributed by atoms with E-state index in [1.807, 2.05) is 56.3 Å². The normalized spacial score (nSPS) is 15.9. The van der Waals surface area contributed by atoms with Crippen molar-refractivity contribution in [3.63, 3.8) is 0 Å². The highest BCUT2D eigenvalue weighted by Gasteiger charge is 2.37. The van der Waals surface area contributed by atoms with Gasteiger partial charge in [-0.3, -0.25) is 9.59 Å². The molecule has 1 aliphatic heterocycles. The van der Waals surface area contributed by atoms with Crippen LogP contribution in [0.5, 0.6) is 5.75 Å². The third-order valence-corrected chi connectivity index (χ3v) is 4.25. The molecule has 2 aromatic carbocycles. The second kappa shape index (κ2) is 6.97. The van der Waals surface area contributed by atoms with Crippen molar-refractivity contribution in [3.05, 3.63) is 59.2 Å². The molecular formula is C20H22N2O3. The molecule has 0 fully saturated rings. The molecule has 2 aromatic rings. The highest BCUT2D eigenvalue weighted by atomic mass is 16.5. The summed E-state index contributed by atoms with van der Waals surface area (Å²) in [5.74, 6) is 0.437. The number of carbonyl (C=O) groups excluding carboxylic acids is 2. The molecule has 0 bridgehead atoms. The first-order valence-electron chi connectivity index (χ1n) is 8.34. The fourth-order valence-corrected chi connectivity index (χ4v) is 3.02. The van der Waals surface area contributed by atoms with Gasteiger partial charge in [-0.15, -0.1) is 0 Å². The monoisotopic (exact) mass is 338 g/mol. The van der Waals surface area contributed by atoms with Gasteiger partial charge in [-0.1, -0.05) is 35.4 Å². The molecule has 1 N–H and O–H groups in total. The number of anilines is 1. The van der Waals surface area contributed by atoms with Gasteiger partial charge in [-0.2, -0.15) is 0 Å². The minimum absolute atomic E-state index is 0.122. The Morgan fingerprint density at radius 1 is 1.12 bits per heavy atom. The van der Waals surface area contributed by atoms with Crippen LogP contribution in [0.15, 0.2) is 42.5 Å². The van der Waals surface area contributed by atoms with Gasteiger partial charge >= 0.3 is 0 Å². The Morgan fingerprint density at radius 3 is 2.48 bits per heavy atom. The van der Waals surface area contributed by atoms with E-state index in [1.165, 1.54) is 12.5 Å². The lowest BCUT2D eigenvalue weighted by Gasteiger charge is -2.18. The standard InChI is InChI=1S/C20H22N2O3/c1-13-4-7-16(8-5-13)25-11-10-22-18-9-6-14(2)12-17(18)19(20(22)24)21-15(3)23/h4-9,12,19H,10-11H2,1-3H3,(H,21,23)/t19-/m0/s1. The van der Waals surface area contributed by atoms with E-state index in [0.29, 0.717) is 13.2 Å². The van der Waals surface area contributed by atoms with Crippen LogP contribution in [-0.4, -0.2) is 25.0 Å². The summed E-state index contributed by atoms with van der Waals surface area (Å²) >= 11 is 0. The van der Waals surface area contributed by atoms with E-state index in [0.717, 1.165) is 22.6 Å². The first-order valence-corrected chi connectivity index (χ1v) is 8.34. The van der Waals surface area contributed by atoms with Gasteiger partial charge in [0.05, 0.1) is 6.54 Å². The van der Waals surface area contributed by atoms with Crippen molar-refractivity contribution in [1.29, 1.82) is 0 Å². The molecule has 5 nitrogen and oxygen atoms in total. The zero-order valence-corrected chi connectivity index (χ0v) is 14.7. The van der Waals surface area contributed by atoms with E-state index < -0.39 is 6.04 Å². The van der Waals surface area contributed by atoms with E-state index in [2.05, 4.69) is 5.32 Å². The molecule has 25 heavy (non-hydrogen) atoms. The van der Waals surface area contributed by atoms with E-state index in [-0.39, 0.29) is 11.8 Å². The van der Waals surface area contributed by atoms with Gasteiger partial charge < -0.3 is 15.0 Å². The Labute approximate surface area is 147 Å². The number of hydrogen-bond acceptors (Lipinski definition) is 3. The maximum atomic E-state index is 12.8. The lowest BCUT2D eigenvalue weighted by molar-refractivity contribution is -0.126. The fraction of sp³-hybridized carbons (Fsp3) is 0.300. The molecule has 0 saturated heterocycles. The molecule has 1 aliphatic rings. The summed E-state index contributed by atoms with van der Waals surface area (Å²) in [4.78, 5) is 25.9. The summed E-state index contributed by atoms with van der Waals surface area (Å²) in [6.45, 7) is 6.23. The average molecular weight is 338 g/mol. The highest BCUT2D eigenvalue weighted by Crippen LogP contribution is 2.36. The quantitative estimate of drug-likeness (QED) is 0.912. The van der Waals surface area contributed by atoms with Crippen molar-refractivity contribution in [3.8, 4) is 5.75 Å². The molecule has 3 rings (SSSR count). The maximum Gasteiger partial charge on any atom is 0.254 e. The smallest absolute Gasteiger partial charge is 0.254 e. The molecule has 2 amide bonds. The summed E-state index contributed by atoms with van der Waals surface area (Å²) in [6.07, 6.45) is 0. The Morgan fingerprint density at radius 2 is 1.80 bits per heavy atom. The lowest BCUT2D eigenvalue weighted by Crippen LogP contribution is -2.38. The Hall–Kier alpha value is -2.82. The van der Waals surface area contributed by atoms with Gasteiger partial charge in [-0.05, 0) is 32.0 Å². The van der Waals surface area contributed by atoms with E-state index in [9.17, 15) is 9.59 Å². The van der Waals surface area contributed by atoms with E-state index in [4.69, 9.17) is 4.74 Å². The molecule has 5 heteroatoms. The number of nitrogens with one attached hydrogen (secondary N) is 1. The molecule has 0 radical (unpaired) electrons. The Bertz CT molecular complexity index is 799. The first-order chi connectivity index (χ1) is 12.0. The van der Waals surface area contributed by atoms with Crippen LogP contribution < -0.4 is 15.0 Å². The second-order valence-electron chi connectivity index (χ2n) is 6.35. The lowest BCUT2D eigenvalue weighted by atomic mass is 10.1. The fourth-order valence-electron chi connectivity index (χ4n) is 3.02. The number of fused-ring (bicyclic) bond motifs is 1. The number of carbonyl (C=O) groups is 2. The van der Waals surface area contributed by atoms with Gasteiger partial charge in [-0.25, -0.2) is 0 Å². The summed E-state index contributed by atoms with van der Waals surface area (Å²) in [5.41, 5.74) is 3.90. The zero-order valence-electron chi connectivity index (χ0n) is 14.7. The van der Waals surface area contributed by atoms with Crippen LogP contribution in [0.2, 0.25) is 0 Å². The molecule has 130 valence electrons. The van der Waals surface area contributed by atoms with Crippen LogP contribution in [0.25, 0.3) is 0 Å².